The molecule has 3 aromatic rings. The summed E-state index contributed by atoms with van der Waals surface area (Å²) in [5, 5.41) is 0.760. The van der Waals surface area contributed by atoms with Crippen LogP contribution in [0.25, 0.3) is 11.3 Å². The third-order valence-electron chi connectivity index (χ3n) is 4.32. The molecular weight excluding hydrogens is 304 g/mol. The highest BCUT2D eigenvalue weighted by Gasteiger charge is 2.06. The van der Waals surface area contributed by atoms with Crippen LogP contribution < -0.4 is 0 Å². The first-order valence-corrected chi connectivity index (χ1v) is 8.42. The van der Waals surface area contributed by atoms with Gasteiger partial charge in [0.1, 0.15) is 5.82 Å². The van der Waals surface area contributed by atoms with E-state index in [9.17, 15) is 0 Å². The summed E-state index contributed by atoms with van der Waals surface area (Å²) in [6.07, 6.45) is 3.85. The van der Waals surface area contributed by atoms with Crippen LogP contribution in [0.5, 0.6) is 0 Å². The van der Waals surface area contributed by atoms with Crippen LogP contribution in [0.15, 0.2) is 54.7 Å². The van der Waals surface area contributed by atoms with Crippen molar-refractivity contribution in [2.75, 3.05) is 0 Å². The van der Waals surface area contributed by atoms with Gasteiger partial charge in [0, 0.05) is 11.4 Å². The minimum absolute atomic E-state index is 0.603. The predicted molar refractivity (Wildman–Crippen MR) is 97.0 cm³/mol. The topological polar surface area (TPSA) is 28.7 Å². The standard InChI is InChI=1S/C20H21ClN2/c1-3-14(2)16-6-8-17(9-7-16)19-13-22-20(23-19)12-15-4-10-18(21)11-5-15/h4-11,13-14H,3,12H2,1-2H3,(H,22,23). The van der Waals surface area contributed by atoms with E-state index in [1.54, 1.807) is 0 Å². The number of imidazole rings is 1. The van der Waals surface area contributed by atoms with Crippen molar-refractivity contribution in [3.8, 4) is 11.3 Å². The van der Waals surface area contributed by atoms with Crippen LogP contribution in [0.4, 0.5) is 0 Å². The van der Waals surface area contributed by atoms with Gasteiger partial charge in [-0.2, -0.15) is 0 Å². The molecule has 118 valence electrons. The monoisotopic (exact) mass is 324 g/mol. The molecule has 0 aliphatic heterocycles. The molecule has 0 spiro atoms. The lowest BCUT2D eigenvalue weighted by atomic mass is 9.97. The van der Waals surface area contributed by atoms with Gasteiger partial charge >= 0.3 is 0 Å². The molecule has 1 unspecified atom stereocenters. The maximum atomic E-state index is 5.92. The van der Waals surface area contributed by atoms with E-state index in [0.29, 0.717) is 5.92 Å². The van der Waals surface area contributed by atoms with Crippen LogP contribution in [-0.4, -0.2) is 9.97 Å². The van der Waals surface area contributed by atoms with Gasteiger partial charge in [-0.15, -0.1) is 0 Å². The molecule has 0 aliphatic carbocycles. The number of benzene rings is 2. The van der Waals surface area contributed by atoms with Crippen molar-refractivity contribution in [3.63, 3.8) is 0 Å². The van der Waals surface area contributed by atoms with Gasteiger partial charge in [-0.05, 0) is 41.2 Å². The van der Waals surface area contributed by atoms with Crippen LogP contribution in [-0.2, 0) is 6.42 Å². The molecule has 1 atom stereocenters. The van der Waals surface area contributed by atoms with Gasteiger partial charge in [-0.25, -0.2) is 4.98 Å². The molecule has 0 radical (unpaired) electrons. The molecule has 1 heterocycles. The maximum Gasteiger partial charge on any atom is 0.110 e. The molecule has 0 bridgehead atoms. The number of hydrogen-bond donors (Lipinski definition) is 1. The normalized spacial score (nSPS) is 12.3. The minimum atomic E-state index is 0.603. The number of halogens is 1. The lowest BCUT2D eigenvalue weighted by molar-refractivity contribution is 0.734. The average Bonchev–Trinajstić information content (AvgIpc) is 3.05. The predicted octanol–water partition coefficient (Wildman–Crippen LogP) is 5.83. The van der Waals surface area contributed by atoms with Gasteiger partial charge in [0.05, 0.1) is 11.9 Å². The molecule has 0 aliphatic rings. The molecule has 0 fully saturated rings. The third-order valence-corrected chi connectivity index (χ3v) is 4.57. The van der Waals surface area contributed by atoms with Crippen LogP contribution in [0.1, 0.15) is 43.1 Å². The molecule has 23 heavy (non-hydrogen) atoms. The van der Waals surface area contributed by atoms with Gasteiger partial charge in [0.15, 0.2) is 0 Å². The molecule has 3 heteroatoms. The molecule has 3 rings (SSSR count). The van der Waals surface area contributed by atoms with Crippen LogP contribution in [0.3, 0.4) is 0 Å². The summed E-state index contributed by atoms with van der Waals surface area (Å²) < 4.78 is 0. The van der Waals surface area contributed by atoms with Crippen molar-refractivity contribution in [2.24, 2.45) is 0 Å². The summed E-state index contributed by atoms with van der Waals surface area (Å²) in [5.41, 5.74) is 4.82. The Bertz CT molecular complexity index is 757. The Labute approximate surface area is 142 Å². The van der Waals surface area contributed by atoms with E-state index in [-0.39, 0.29) is 0 Å². The second-order valence-corrected chi connectivity index (χ2v) is 6.41. The second-order valence-electron chi connectivity index (χ2n) is 5.98. The lowest BCUT2D eigenvalue weighted by Crippen LogP contribution is -1.91. The number of hydrogen-bond acceptors (Lipinski definition) is 1. The van der Waals surface area contributed by atoms with E-state index in [1.165, 1.54) is 16.7 Å². The number of rotatable bonds is 5. The summed E-state index contributed by atoms with van der Waals surface area (Å²) in [6, 6.07) is 16.6. The summed E-state index contributed by atoms with van der Waals surface area (Å²) in [6.45, 7) is 4.48. The SMILES string of the molecule is CCC(C)c1ccc(-c2cnc(Cc3ccc(Cl)cc3)[nH]2)cc1. The van der Waals surface area contributed by atoms with E-state index < -0.39 is 0 Å². The molecule has 0 saturated carbocycles. The van der Waals surface area contributed by atoms with E-state index in [0.717, 1.165) is 29.4 Å². The molecule has 1 N–H and O–H groups in total. The van der Waals surface area contributed by atoms with Gasteiger partial charge in [0.25, 0.3) is 0 Å². The number of H-pyrrole nitrogens is 1. The highest BCUT2D eigenvalue weighted by molar-refractivity contribution is 6.30. The zero-order valence-corrected chi connectivity index (χ0v) is 14.3. The highest BCUT2D eigenvalue weighted by atomic mass is 35.5. The quantitative estimate of drug-likeness (QED) is 0.628. The lowest BCUT2D eigenvalue weighted by Gasteiger charge is -2.09. The summed E-state index contributed by atoms with van der Waals surface area (Å²) in [7, 11) is 0. The fourth-order valence-electron chi connectivity index (χ4n) is 2.62. The zero-order valence-electron chi connectivity index (χ0n) is 13.5. The number of aromatic nitrogens is 2. The molecule has 0 amide bonds. The Morgan fingerprint density at radius 3 is 2.39 bits per heavy atom. The van der Waals surface area contributed by atoms with Crippen molar-refractivity contribution >= 4 is 11.6 Å². The number of aromatic amines is 1. The highest BCUT2D eigenvalue weighted by Crippen LogP contribution is 2.23. The Kier molecular flexibility index (Phi) is 4.82. The average molecular weight is 325 g/mol. The minimum Gasteiger partial charge on any atom is -0.342 e. The van der Waals surface area contributed by atoms with Crippen LogP contribution >= 0.6 is 11.6 Å². The van der Waals surface area contributed by atoms with Gasteiger partial charge in [0.2, 0.25) is 0 Å². The molecule has 2 aromatic carbocycles. The zero-order chi connectivity index (χ0) is 16.2. The third kappa shape index (κ3) is 3.83. The van der Waals surface area contributed by atoms with Gasteiger partial charge < -0.3 is 4.98 Å². The number of nitrogens with zero attached hydrogens (tertiary/aromatic N) is 1. The second kappa shape index (κ2) is 7.01. The van der Waals surface area contributed by atoms with Crippen molar-refractivity contribution < 1.29 is 0 Å². The van der Waals surface area contributed by atoms with Gasteiger partial charge in [-0.3, -0.25) is 0 Å². The maximum absolute atomic E-state index is 5.92. The van der Waals surface area contributed by atoms with Crippen molar-refractivity contribution in [1.82, 2.24) is 9.97 Å². The van der Waals surface area contributed by atoms with Crippen molar-refractivity contribution in [1.29, 1.82) is 0 Å². The first-order chi connectivity index (χ1) is 11.2. The van der Waals surface area contributed by atoms with Crippen LogP contribution in [0, 0.1) is 0 Å². The summed E-state index contributed by atoms with van der Waals surface area (Å²) in [4.78, 5) is 7.91. The first-order valence-electron chi connectivity index (χ1n) is 8.04. The first kappa shape index (κ1) is 15.8. The fraction of sp³-hybridized carbons (Fsp3) is 0.250. The molecule has 1 aromatic heterocycles. The number of nitrogens with one attached hydrogen (secondary N) is 1. The Morgan fingerprint density at radius 1 is 1.04 bits per heavy atom. The Balaban J connectivity index is 1.75. The van der Waals surface area contributed by atoms with E-state index in [4.69, 9.17) is 11.6 Å². The van der Waals surface area contributed by atoms with E-state index in [1.807, 2.05) is 30.5 Å². The summed E-state index contributed by atoms with van der Waals surface area (Å²) in [5.74, 6) is 1.57. The Morgan fingerprint density at radius 2 is 1.74 bits per heavy atom. The van der Waals surface area contributed by atoms with Crippen molar-refractivity contribution in [3.05, 3.63) is 76.7 Å². The van der Waals surface area contributed by atoms with Crippen molar-refractivity contribution in [2.45, 2.75) is 32.6 Å². The van der Waals surface area contributed by atoms with Crippen LogP contribution in [0.2, 0.25) is 5.02 Å². The molecule has 0 saturated heterocycles. The molecular formula is C20H21ClN2. The molecule has 2 nitrogen and oxygen atoms in total. The van der Waals surface area contributed by atoms with E-state index in [2.05, 4.69) is 48.1 Å². The Hall–Kier alpha value is -2.06. The fourth-order valence-corrected chi connectivity index (χ4v) is 2.75. The summed E-state index contributed by atoms with van der Waals surface area (Å²) >= 11 is 5.92. The smallest absolute Gasteiger partial charge is 0.110 e. The van der Waals surface area contributed by atoms with Gasteiger partial charge in [-0.1, -0.05) is 61.8 Å². The largest absolute Gasteiger partial charge is 0.342 e. The van der Waals surface area contributed by atoms with E-state index >= 15 is 0 Å².